The zero-order valence-electron chi connectivity index (χ0n) is 23.7. The molecule has 11 heteroatoms. The van der Waals surface area contributed by atoms with Crippen LogP contribution in [0, 0.1) is 0 Å². The number of nitrogens with one attached hydrogen (secondary N) is 2. The lowest BCUT2D eigenvalue weighted by Crippen LogP contribution is -2.24. The number of aryl methyl sites for hydroxylation is 2. The molecular formula is C30H33ClN6O4. The Hall–Kier alpha value is -4.41. The molecule has 2 N–H and O–H groups in total. The Bertz CT molecular complexity index is 1650. The Balaban J connectivity index is 1.71. The number of carbonyl (C=O) groups is 1. The van der Waals surface area contributed by atoms with Crippen molar-refractivity contribution < 1.29 is 14.3 Å². The van der Waals surface area contributed by atoms with Crippen LogP contribution in [0.15, 0.2) is 65.6 Å². The van der Waals surface area contributed by atoms with Crippen molar-refractivity contribution in [1.29, 1.82) is 0 Å². The number of rotatable bonds is 11. The fourth-order valence-electron chi connectivity index (χ4n) is 4.31. The Labute approximate surface area is 243 Å². The summed E-state index contributed by atoms with van der Waals surface area (Å²) in [7, 11) is 8.63. The number of carbonyl (C=O) groups excluding carboxylic acids is 1. The maximum Gasteiger partial charge on any atom is 0.260 e. The van der Waals surface area contributed by atoms with Crippen LogP contribution in [0.5, 0.6) is 11.5 Å². The van der Waals surface area contributed by atoms with Gasteiger partial charge in [-0.2, -0.15) is 4.98 Å². The van der Waals surface area contributed by atoms with E-state index >= 15 is 0 Å². The summed E-state index contributed by atoms with van der Waals surface area (Å²) in [5.41, 5.74) is 2.67. The van der Waals surface area contributed by atoms with Gasteiger partial charge >= 0.3 is 0 Å². The van der Waals surface area contributed by atoms with Crippen LogP contribution in [0.2, 0.25) is 5.02 Å². The number of nitrogens with zero attached hydrogens (tertiary/aromatic N) is 4. The van der Waals surface area contributed by atoms with Crippen molar-refractivity contribution in [3.63, 3.8) is 0 Å². The molecule has 1 amide bonds. The summed E-state index contributed by atoms with van der Waals surface area (Å²) in [6, 6.07) is 12.6. The first-order chi connectivity index (χ1) is 19.7. The first-order valence-corrected chi connectivity index (χ1v) is 13.3. The van der Waals surface area contributed by atoms with Crippen LogP contribution in [-0.4, -0.2) is 67.2 Å². The fourth-order valence-corrected chi connectivity index (χ4v) is 4.60. The third kappa shape index (κ3) is 7.03. The van der Waals surface area contributed by atoms with E-state index in [2.05, 4.69) is 20.6 Å². The summed E-state index contributed by atoms with van der Waals surface area (Å²) < 4.78 is 12.5. The van der Waals surface area contributed by atoms with Crippen molar-refractivity contribution in [3.8, 4) is 22.6 Å². The smallest absolute Gasteiger partial charge is 0.260 e. The van der Waals surface area contributed by atoms with E-state index in [1.54, 1.807) is 42.1 Å². The van der Waals surface area contributed by atoms with Crippen LogP contribution in [0.1, 0.15) is 5.56 Å². The molecule has 0 spiro atoms. The highest BCUT2D eigenvalue weighted by Crippen LogP contribution is 2.38. The van der Waals surface area contributed by atoms with Crippen molar-refractivity contribution in [1.82, 2.24) is 19.4 Å². The van der Waals surface area contributed by atoms with E-state index in [-0.39, 0.29) is 11.5 Å². The Morgan fingerprint density at radius 2 is 1.93 bits per heavy atom. The van der Waals surface area contributed by atoms with E-state index in [9.17, 15) is 9.59 Å². The summed E-state index contributed by atoms with van der Waals surface area (Å²) in [4.78, 5) is 37.2. The topological polar surface area (TPSA) is 111 Å². The van der Waals surface area contributed by atoms with Gasteiger partial charge in [0.25, 0.3) is 5.56 Å². The van der Waals surface area contributed by atoms with E-state index in [4.69, 9.17) is 21.1 Å². The summed E-state index contributed by atoms with van der Waals surface area (Å²) in [5, 5.41) is 6.79. The van der Waals surface area contributed by atoms with Gasteiger partial charge in [0, 0.05) is 60.7 Å². The molecule has 2 aromatic carbocycles. The number of likely N-dealkylation sites (N-methyl/N-ethyl adjacent to an activating group) is 1. The predicted octanol–water partition coefficient (Wildman–Crippen LogP) is 4.47. The summed E-state index contributed by atoms with van der Waals surface area (Å²) in [6.07, 6.45) is 5.49. The zero-order chi connectivity index (χ0) is 29.5. The van der Waals surface area contributed by atoms with Gasteiger partial charge in [-0.15, -0.1) is 0 Å². The molecule has 0 unspecified atom stereocenters. The normalized spacial score (nSPS) is 11.3. The first kappa shape index (κ1) is 29.6. The van der Waals surface area contributed by atoms with Crippen molar-refractivity contribution in [3.05, 3.63) is 81.8 Å². The number of aromatic nitrogens is 3. The van der Waals surface area contributed by atoms with E-state index < -0.39 is 0 Å². The number of ether oxygens (including phenoxy) is 2. The largest absolute Gasteiger partial charge is 0.497 e. The number of halogens is 1. The van der Waals surface area contributed by atoms with Gasteiger partial charge in [-0.25, -0.2) is 4.98 Å². The van der Waals surface area contributed by atoms with Gasteiger partial charge in [-0.3, -0.25) is 14.2 Å². The van der Waals surface area contributed by atoms with Gasteiger partial charge in [0.2, 0.25) is 11.9 Å². The number of pyridine rings is 1. The van der Waals surface area contributed by atoms with Crippen LogP contribution in [0.4, 0.5) is 11.6 Å². The van der Waals surface area contributed by atoms with E-state index in [0.29, 0.717) is 69.8 Å². The molecule has 0 aliphatic heterocycles. The number of benzene rings is 2. The number of methoxy groups -OCH3 is 2. The highest BCUT2D eigenvalue weighted by Gasteiger charge is 2.19. The minimum absolute atomic E-state index is 0.208. The molecule has 0 fully saturated rings. The Morgan fingerprint density at radius 3 is 2.63 bits per heavy atom. The lowest BCUT2D eigenvalue weighted by molar-refractivity contribution is -0.111. The highest BCUT2D eigenvalue weighted by atomic mass is 35.5. The molecule has 4 aromatic rings. The monoisotopic (exact) mass is 576 g/mol. The van der Waals surface area contributed by atoms with E-state index in [0.717, 1.165) is 5.56 Å². The van der Waals surface area contributed by atoms with Gasteiger partial charge in [0.1, 0.15) is 17.1 Å². The van der Waals surface area contributed by atoms with E-state index in [1.165, 1.54) is 20.3 Å². The highest BCUT2D eigenvalue weighted by molar-refractivity contribution is 6.35. The van der Waals surface area contributed by atoms with Crippen molar-refractivity contribution in [2.75, 3.05) is 52.5 Å². The molecule has 214 valence electrons. The molecule has 0 atom stereocenters. The molecule has 4 rings (SSSR count). The number of fused-ring (bicyclic) bond motifs is 1. The van der Waals surface area contributed by atoms with Crippen molar-refractivity contribution in [2.45, 2.75) is 13.0 Å². The van der Waals surface area contributed by atoms with Gasteiger partial charge in [0.05, 0.1) is 19.2 Å². The van der Waals surface area contributed by atoms with Crippen LogP contribution in [0.3, 0.4) is 0 Å². The quantitative estimate of drug-likeness (QED) is 0.252. The molecule has 0 saturated carbocycles. The average molecular weight is 577 g/mol. The lowest BCUT2D eigenvalue weighted by Gasteiger charge is -2.16. The molecular weight excluding hydrogens is 544 g/mol. The predicted molar refractivity (Wildman–Crippen MR) is 163 cm³/mol. The number of hydrogen-bond acceptors (Lipinski definition) is 8. The molecule has 0 aliphatic carbocycles. The number of hydrogen-bond donors (Lipinski definition) is 2. The third-order valence-electron chi connectivity index (χ3n) is 6.37. The van der Waals surface area contributed by atoms with Gasteiger partial charge < -0.3 is 25.0 Å². The van der Waals surface area contributed by atoms with Crippen LogP contribution in [-0.2, 0) is 17.8 Å². The Morgan fingerprint density at radius 1 is 1.12 bits per heavy atom. The van der Waals surface area contributed by atoms with Gasteiger partial charge in [-0.1, -0.05) is 29.8 Å². The summed E-state index contributed by atoms with van der Waals surface area (Å²) in [5.74, 6) is 1.08. The molecule has 2 heterocycles. The van der Waals surface area contributed by atoms with E-state index in [1.807, 2.05) is 43.3 Å². The number of amides is 1. The molecule has 0 saturated heterocycles. The van der Waals surface area contributed by atoms with Crippen molar-refractivity contribution >= 4 is 40.2 Å². The standard InChI is InChI=1S/C30H33ClN6O4/c1-32-30-33-18-20-15-24(23-16-22(40-4)17-25(41-5)27(23)31)29(39)37(28(20)35-30)13-11-19-8-6-9-21(14-19)34-26(38)10-7-12-36(2)3/h6-10,14-18H,11-13H2,1-5H3,(H,34,38)(H,32,33,35)/b10-7+. The van der Waals surface area contributed by atoms with Crippen LogP contribution < -0.4 is 25.7 Å². The van der Waals surface area contributed by atoms with Crippen LogP contribution in [0.25, 0.3) is 22.2 Å². The zero-order valence-corrected chi connectivity index (χ0v) is 24.5. The molecule has 0 bridgehead atoms. The molecule has 0 aliphatic rings. The summed E-state index contributed by atoms with van der Waals surface area (Å²) >= 11 is 6.66. The molecule has 0 radical (unpaired) electrons. The van der Waals surface area contributed by atoms with Crippen molar-refractivity contribution in [2.24, 2.45) is 0 Å². The molecule has 41 heavy (non-hydrogen) atoms. The SMILES string of the molecule is CNc1ncc2cc(-c3cc(OC)cc(OC)c3Cl)c(=O)n(CCc3cccc(NC(=O)/C=C/CN(C)C)c3)c2n1. The van der Waals surface area contributed by atoms with Gasteiger partial charge in [-0.05, 0) is 50.3 Å². The Kier molecular flexibility index (Phi) is 9.59. The van der Waals surface area contributed by atoms with Crippen LogP contribution >= 0.6 is 11.6 Å². The molecule has 2 aromatic heterocycles. The van der Waals surface area contributed by atoms with Gasteiger partial charge in [0.15, 0.2) is 0 Å². The second-order valence-corrected chi connectivity index (χ2v) is 9.91. The minimum Gasteiger partial charge on any atom is -0.497 e. The second kappa shape index (κ2) is 13.3. The maximum absolute atomic E-state index is 14.0. The fraction of sp³-hybridized carbons (Fsp3) is 0.267. The average Bonchev–Trinajstić information content (AvgIpc) is 2.96. The maximum atomic E-state index is 14.0. The summed E-state index contributed by atoms with van der Waals surface area (Å²) in [6.45, 7) is 0.990. The third-order valence-corrected chi connectivity index (χ3v) is 6.76. The minimum atomic E-state index is -0.272. The molecule has 10 nitrogen and oxygen atoms in total. The first-order valence-electron chi connectivity index (χ1n) is 13.0. The number of anilines is 2. The second-order valence-electron chi connectivity index (χ2n) is 9.53. The lowest BCUT2D eigenvalue weighted by atomic mass is 10.0.